The number of nitrogens with two attached hydrogens (primary N) is 1. The summed E-state index contributed by atoms with van der Waals surface area (Å²) < 4.78 is 13.6. The molecule has 0 amide bonds. The number of rotatable bonds is 3. The molecule has 3 N–H and O–H groups in total. The molecule has 0 aliphatic carbocycles. The molecule has 0 fully saturated rings. The number of nitrogens with zero attached hydrogens (tertiary/aromatic N) is 1. The lowest BCUT2D eigenvalue weighted by molar-refractivity contribution is 0.611. The van der Waals surface area contributed by atoms with E-state index in [1.165, 1.54) is 6.07 Å². The number of hydrogen-bond acceptors (Lipinski definition) is 3. The van der Waals surface area contributed by atoms with Crippen LogP contribution in [0, 0.1) is 17.1 Å². The van der Waals surface area contributed by atoms with Crippen LogP contribution in [-0.4, -0.2) is 0 Å². The molecule has 2 aromatic carbocycles. The van der Waals surface area contributed by atoms with E-state index in [4.69, 9.17) is 11.0 Å². The molecule has 90 valence electrons. The van der Waals surface area contributed by atoms with Crippen LogP contribution in [0.1, 0.15) is 11.1 Å². The van der Waals surface area contributed by atoms with Crippen molar-refractivity contribution in [2.75, 3.05) is 5.32 Å². The highest BCUT2D eigenvalue weighted by molar-refractivity contribution is 5.68. The summed E-state index contributed by atoms with van der Waals surface area (Å²) in [6.07, 6.45) is 0. The third-order valence-corrected chi connectivity index (χ3v) is 2.64. The van der Waals surface area contributed by atoms with Gasteiger partial charge in [0.15, 0.2) is 0 Å². The second-order valence-corrected chi connectivity index (χ2v) is 3.75. The monoisotopic (exact) mass is 241 g/mol. The summed E-state index contributed by atoms with van der Waals surface area (Å²) in [5, 5.41) is 12.0. The molecule has 2 rings (SSSR count). The molecular weight excluding hydrogens is 229 g/mol. The molecule has 0 saturated carbocycles. The first-order valence-corrected chi connectivity index (χ1v) is 5.50. The molecule has 0 atom stereocenters. The molecule has 0 unspecified atom stereocenters. The Hall–Kier alpha value is -2.38. The average molecular weight is 241 g/mol. The Morgan fingerprint density at radius 1 is 1.11 bits per heavy atom. The van der Waals surface area contributed by atoms with E-state index >= 15 is 0 Å². The molecule has 0 aliphatic heterocycles. The largest absolute Gasteiger partial charge is 0.354 e. The zero-order chi connectivity index (χ0) is 13.0. The lowest BCUT2D eigenvalue weighted by atomic mass is 10.1. The van der Waals surface area contributed by atoms with Gasteiger partial charge in [-0.3, -0.25) is 0 Å². The molecule has 0 spiro atoms. The number of hydrogen-bond donors (Lipinski definition) is 2. The molecule has 18 heavy (non-hydrogen) atoms. The highest BCUT2D eigenvalue weighted by atomic mass is 19.1. The third-order valence-electron chi connectivity index (χ3n) is 2.64. The number of anilines is 2. The smallest absolute Gasteiger partial charge is 0.129 e. The molecular formula is C14H12FN3. The van der Waals surface area contributed by atoms with Crippen LogP contribution in [0.15, 0.2) is 42.5 Å². The molecule has 3 nitrogen and oxygen atoms in total. The van der Waals surface area contributed by atoms with Crippen molar-refractivity contribution in [1.82, 2.24) is 0 Å². The summed E-state index contributed by atoms with van der Waals surface area (Å²) in [5.74, 6) is -0.350. The van der Waals surface area contributed by atoms with Gasteiger partial charge in [-0.1, -0.05) is 18.2 Å². The predicted molar refractivity (Wildman–Crippen MR) is 68.7 cm³/mol. The maximum Gasteiger partial charge on any atom is 0.129 e. The molecule has 0 bridgehead atoms. The highest BCUT2D eigenvalue weighted by Crippen LogP contribution is 2.24. The fourth-order valence-corrected chi connectivity index (χ4v) is 1.72. The maximum absolute atomic E-state index is 13.6. The Labute approximate surface area is 105 Å². The van der Waals surface area contributed by atoms with Crippen LogP contribution in [0.25, 0.3) is 0 Å². The molecule has 0 radical (unpaired) electrons. The third kappa shape index (κ3) is 2.31. The minimum absolute atomic E-state index is 0.101. The fourth-order valence-electron chi connectivity index (χ4n) is 1.72. The van der Waals surface area contributed by atoms with Gasteiger partial charge in [-0.15, -0.1) is 0 Å². The van der Waals surface area contributed by atoms with Crippen LogP contribution in [0.2, 0.25) is 0 Å². The predicted octanol–water partition coefficient (Wildman–Crippen LogP) is 2.90. The quantitative estimate of drug-likeness (QED) is 0.868. The van der Waals surface area contributed by atoms with Crippen molar-refractivity contribution < 1.29 is 4.39 Å². The Balaban J connectivity index is 2.41. The summed E-state index contributed by atoms with van der Waals surface area (Å²) in [7, 11) is 0. The van der Waals surface area contributed by atoms with Crippen molar-refractivity contribution in [2.45, 2.75) is 6.54 Å². The zero-order valence-electron chi connectivity index (χ0n) is 9.65. The van der Waals surface area contributed by atoms with Gasteiger partial charge in [-0.2, -0.15) is 5.26 Å². The lowest BCUT2D eigenvalue weighted by Gasteiger charge is -2.12. The van der Waals surface area contributed by atoms with E-state index in [0.717, 1.165) is 0 Å². The van der Waals surface area contributed by atoms with Crippen LogP contribution >= 0.6 is 0 Å². The van der Waals surface area contributed by atoms with E-state index in [1.54, 1.807) is 30.3 Å². The van der Waals surface area contributed by atoms with E-state index < -0.39 is 0 Å². The van der Waals surface area contributed by atoms with Crippen molar-refractivity contribution in [1.29, 1.82) is 5.26 Å². The van der Waals surface area contributed by atoms with Crippen molar-refractivity contribution in [3.8, 4) is 6.07 Å². The molecule has 0 saturated heterocycles. The summed E-state index contributed by atoms with van der Waals surface area (Å²) >= 11 is 0. The molecule has 2 aromatic rings. The number of nitriles is 1. The van der Waals surface area contributed by atoms with E-state index in [2.05, 4.69) is 11.4 Å². The summed E-state index contributed by atoms with van der Waals surface area (Å²) in [5.41, 5.74) is 7.67. The normalized spacial score (nSPS) is 9.83. The highest BCUT2D eigenvalue weighted by Gasteiger charge is 2.08. The molecule has 0 aliphatic rings. The molecule has 4 heteroatoms. The topological polar surface area (TPSA) is 61.8 Å². The Bertz CT molecular complexity index is 602. The zero-order valence-corrected chi connectivity index (χ0v) is 9.65. The van der Waals surface area contributed by atoms with Crippen LogP contribution in [0.3, 0.4) is 0 Å². The van der Waals surface area contributed by atoms with E-state index in [1.807, 2.05) is 6.07 Å². The average Bonchev–Trinajstić information content (AvgIpc) is 2.40. The number of benzene rings is 2. The van der Waals surface area contributed by atoms with E-state index in [0.29, 0.717) is 22.5 Å². The Morgan fingerprint density at radius 3 is 2.56 bits per heavy atom. The van der Waals surface area contributed by atoms with Gasteiger partial charge in [-0.05, 0) is 24.3 Å². The van der Waals surface area contributed by atoms with Gasteiger partial charge in [0.2, 0.25) is 0 Å². The fraction of sp³-hybridized carbons (Fsp3) is 0.0714. The van der Waals surface area contributed by atoms with Gasteiger partial charge in [0.25, 0.3) is 0 Å². The van der Waals surface area contributed by atoms with E-state index in [9.17, 15) is 4.39 Å². The van der Waals surface area contributed by atoms with Gasteiger partial charge in [0.05, 0.1) is 11.3 Å². The first-order chi connectivity index (χ1) is 8.76. The molecule has 0 heterocycles. The number of halogens is 1. The van der Waals surface area contributed by atoms with Gasteiger partial charge >= 0.3 is 0 Å². The van der Waals surface area contributed by atoms with Crippen molar-refractivity contribution in [3.63, 3.8) is 0 Å². The molecule has 0 aromatic heterocycles. The Morgan fingerprint density at radius 2 is 1.83 bits per heavy atom. The van der Waals surface area contributed by atoms with Gasteiger partial charge < -0.3 is 11.1 Å². The van der Waals surface area contributed by atoms with Crippen LogP contribution in [0.5, 0.6) is 0 Å². The van der Waals surface area contributed by atoms with Crippen molar-refractivity contribution in [2.24, 2.45) is 5.73 Å². The first-order valence-electron chi connectivity index (χ1n) is 5.50. The SMILES string of the molecule is N#Cc1ccccc1Nc1cccc(F)c1CN. The second-order valence-electron chi connectivity index (χ2n) is 3.75. The van der Waals surface area contributed by atoms with Crippen molar-refractivity contribution >= 4 is 11.4 Å². The summed E-state index contributed by atoms with van der Waals surface area (Å²) in [6.45, 7) is 0.101. The van der Waals surface area contributed by atoms with Crippen LogP contribution in [0.4, 0.5) is 15.8 Å². The number of nitrogens with one attached hydrogen (secondary N) is 1. The van der Waals surface area contributed by atoms with Crippen LogP contribution in [-0.2, 0) is 6.54 Å². The van der Waals surface area contributed by atoms with Gasteiger partial charge in [-0.25, -0.2) is 4.39 Å². The summed E-state index contributed by atoms with van der Waals surface area (Å²) in [4.78, 5) is 0. The minimum Gasteiger partial charge on any atom is -0.354 e. The van der Waals surface area contributed by atoms with E-state index in [-0.39, 0.29) is 12.4 Å². The lowest BCUT2D eigenvalue weighted by Crippen LogP contribution is -2.05. The number of para-hydroxylation sites is 1. The van der Waals surface area contributed by atoms with Crippen molar-refractivity contribution in [3.05, 3.63) is 59.4 Å². The minimum atomic E-state index is -0.350. The first kappa shape index (κ1) is 12.1. The summed E-state index contributed by atoms with van der Waals surface area (Å²) in [6, 6.07) is 13.8. The van der Waals surface area contributed by atoms with Gasteiger partial charge in [0.1, 0.15) is 11.9 Å². The standard InChI is InChI=1S/C14H12FN3/c15-12-5-3-7-14(11(12)9-17)18-13-6-2-1-4-10(13)8-16/h1-7,18H,9,17H2. The van der Waals surface area contributed by atoms with Crippen LogP contribution < -0.4 is 11.1 Å². The maximum atomic E-state index is 13.6. The Kier molecular flexibility index (Phi) is 3.56. The second kappa shape index (κ2) is 5.30. The van der Waals surface area contributed by atoms with Gasteiger partial charge in [0, 0.05) is 17.8 Å².